The minimum absolute atomic E-state index is 0.0898. The fourth-order valence-corrected chi connectivity index (χ4v) is 0.865. The third-order valence-electron chi connectivity index (χ3n) is 1.19. The number of carboxylic acid groups (broad SMARTS) is 1. The Hall–Kier alpha value is -1.07. The maximum atomic E-state index is 10.5. The molecule has 0 atom stereocenters. The zero-order chi connectivity index (χ0) is 10.3. The minimum atomic E-state index is -1.01. The molecule has 0 unspecified atom stereocenters. The second kappa shape index (κ2) is 6.45. The molecule has 0 fully saturated rings. The lowest BCUT2D eigenvalue weighted by atomic mass is 10.4. The molecule has 0 aliphatic rings. The van der Waals surface area contributed by atoms with Crippen molar-refractivity contribution in [1.29, 1.82) is 0 Å². The molecule has 0 saturated carbocycles. The molecule has 0 aliphatic heterocycles. The highest BCUT2D eigenvalue weighted by molar-refractivity contribution is 6.25. The molecule has 0 saturated heterocycles. The van der Waals surface area contributed by atoms with Crippen LogP contribution in [0.3, 0.4) is 0 Å². The largest absolute Gasteiger partial charge is 0.480 e. The third kappa shape index (κ3) is 7.30. The van der Waals surface area contributed by atoms with Crippen LogP contribution in [0.15, 0.2) is 11.6 Å². The summed E-state index contributed by atoms with van der Waals surface area (Å²) in [5, 5.41) is 8.45. The van der Waals surface area contributed by atoms with E-state index in [0.717, 1.165) is 0 Å². The van der Waals surface area contributed by atoms with Crippen molar-refractivity contribution in [1.82, 2.24) is 4.90 Å². The van der Waals surface area contributed by atoms with Gasteiger partial charge in [-0.15, -0.1) is 0 Å². The Morgan fingerprint density at radius 3 is 2.46 bits per heavy atom. The predicted molar refractivity (Wildman–Crippen MR) is 48.3 cm³/mol. The van der Waals surface area contributed by atoms with E-state index < -0.39 is 11.9 Å². The molecule has 3 N–H and O–H groups in total. The van der Waals surface area contributed by atoms with Crippen LogP contribution in [0.4, 0.5) is 0 Å². The highest BCUT2D eigenvalue weighted by atomic mass is 35.5. The lowest BCUT2D eigenvalue weighted by molar-refractivity contribution is -0.138. The van der Waals surface area contributed by atoms with Crippen molar-refractivity contribution in [3.8, 4) is 0 Å². The average Bonchev–Trinajstić information content (AvgIpc) is 1.98. The zero-order valence-corrected chi connectivity index (χ0v) is 7.70. The van der Waals surface area contributed by atoms with Crippen LogP contribution in [0.1, 0.15) is 0 Å². The zero-order valence-electron chi connectivity index (χ0n) is 6.94. The Morgan fingerprint density at radius 2 is 2.08 bits per heavy atom. The number of nitrogens with zero attached hydrogens (tertiary/aromatic N) is 1. The van der Waals surface area contributed by atoms with E-state index in [1.807, 2.05) is 0 Å². The number of halogens is 1. The number of aliphatic carboxylic acids is 1. The number of nitrogens with two attached hydrogens (primary N) is 1. The maximum Gasteiger partial charge on any atom is 0.317 e. The summed E-state index contributed by atoms with van der Waals surface area (Å²) in [6, 6.07) is 0. The molecule has 74 valence electrons. The molecule has 0 heterocycles. The van der Waals surface area contributed by atoms with Crippen LogP contribution in [0, 0.1) is 0 Å². The van der Waals surface area contributed by atoms with Crippen molar-refractivity contribution >= 4 is 23.5 Å². The molecular weight excluding hydrogens is 196 g/mol. The van der Waals surface area contributed by atoms with Gasteiger partial charge in [0.1, 0.15) is 0 Å². The number of hydrogen-bond acceptors (Lipinski definition) is 3. The smallest absolute Gasteiger partial charge is 0.317 e. The molecule has 0 rings (SSSR count). The van der Waals surface area contributed by atoms with Gasteiger partial charge in [0.2, 0.25) is 5.91 Å². The Morgan fingerprint density at radius 1 is 1.46 bits per heavy atom. The van der Waals surface area contributed by atoms with Gasteiger partial charge in [-0.05, 0) is 0 Å². The number of primary amides is 1. The molecule has 1 amide bonds. The number of carbonyl (C=O) groups excluding carboxylic acids is 1. The second-order valence-corrected chi connectivity index (χ2v) is 2.64. The molecule has 0 aromatic heterocycles. The van der Waals surface area contributed by atoms with Gasteiger partial charge in [0.15, 0.2) is 0 Å². The summed E-state index contributed by atoms with van der Waals surface area (Å²) in [7, 11) is 0. The molecule has 5 nitrogen and oxygen atoms in total. The summed E-state index contributed by atoms with van der Waals surface area (Å²) < 4.78 is 0. The lowest BCUT2D eigenvalue weighted by Gasteiger charge is -2.15. The van der Waals surface area contributed by atoms with E-state index in [-0.39, 0.29) is 13.1 Å². The topological polar surface area (TPSA) is 83.6 Å². The summed E-state index contributed by atoms with van der Waals surface area (Å²) in [6.07, 6.45) is 1.54. The van der Waals surface area contributed by atoms with Gasteiger partial charge >= 0.3 is 5.97 Å². The average molecular weight is 207 g/mol. The van der Waals surface area contributed by atoms with Gasteiger partial charge in [0.05, 0.1) is 13.1 Å². The first-order chi connectivity index (χ1) is 6.06. The van der Waals surface area contributed by atoms with Gasteiger partial charge in [-0.25, -0.2) is 0 Å². The Kier molecular flexibility index (Phi) is 5.92. The SMILES string of the molecule is NC(=O)CN(C/C=C/Cl)CC(=O)O. The Labute approximate surface area is 80.8 Å². The number of rotatable bonds is 6. The summed E-state index contributed by atoms with van der Waals surface area (Å²) in [6.45, 7) is -0.0313. The molecule has 0 radical (unpaired) electrons. The Bertz CT molecular complexity index is 202. The number of hydrogen-bond donors (Lipinski definition) is 2. The summed E-state index contributed by atoms with van der Waals surface area (Å²) in [5.74, 6) is -1.58. The second-order valence-electron chi connectivity index (χ2n) is 2.39. The van der Waals surface area contributed by atoms with E-state index in [0.29, 0.717) is 6.54 Å². The first kappa shape index (κ1) is 11.9. The number of carboxylic acids is 1. The summed E-state index contributed by atoms with van der Waals surface area (Å²) in [4.78, 5) is 22.2. The molecular formula is C7H11ClN2O3. The third-order valence-corrected chi connectivity index (χ3v) is 1.37. The van der Waals surface area contributed by atoms with E-state index in [1.54, 1.807) is 0 Å². The van der Waals surface area contributed by atoms with E-state index in [1.165, 1.54) is 16.5 Å². The number of amides is 1. The monoisotopic (exact) mass is 206 g/mol. The van der Waals surface area contributed by atoms with E-state index in [9.17, 15) is 9.59 Å². The van der Waals surface area contributed by atoms with Crippen LogP contribution in [-0.2, 0) is 9.59 Å². The standard InChI is InChI=1S/C7H11ClN2O3/c8-2-1-3-10(4-6(9)11)5-7(12)13/h1-2H,3-5H2,(H2,9,11)(H,12,13)/b2-1+. The summed E-state index contributed by atoms with van der Waals surface area (Å²) in [5.41, 5.74) is 6.17. The first-order valence-electron chi connectivity index (χ1n) is 3.54. The van der Waals surface area contributed by atoms with Gasteiger partial charge in [-0.1, -0.05) is 17.7 Å². The van der Waals surface area contributed by atoms with Crippen LogP contribution < -0.4 is 5.73 Å². The van der Waals surface area contributed by atoms with Crippen molar-refractivity contribution < 1.29 is 14.7 Å². The van der Waals surface area contributed by atoms with Gasteiger partial charge in [-0.2, -0.15) is 0 Å². The quantitative estimate of drug-likeness (QED) is 0.620. The van der Waals surface area contributed by atoms with Gasteiger partial charge in [0, 0.05) is 12.1 Å². The van der Waals surface area contributed by atoms with Crippen LogP contribution in [0.25, 0.3) is 0 Å². The fraction of sp³-hybridized carbons (Fsp3) is 0.429. The maximum absolute atomic E-state index is 10.5. The van der Waals surface area contributed by atoms with E-state index in [4.69, 9.17) is 22.4 Å². The fourth-order valence-electron chi connectivity index (χ4n) is 0.786. The molecule has 0 aromatic rings. The normalized spacial score (nSPS) is 10.9. The molecule has 0 bridgehead atoms. The first-order valence-corrected chi connectivity index (χ1v) is 3.97. The van der Waals surface area contributed by atoms with Crippen LogP contribution in [0.2, 0.25) is 0 Å². The van der Waals surface area contributed by atoms with Crippen molar-refractivity contribution in [2.75, 3.05) is 19.6 Å². The van der Waals surface area contributed by atoms with Crippen LogP contribution in [-0.4, -0.2) is 41.5 Å². The molecule has 0 aliphatic carbocycles. The highest BCUT2D eigenvalue weighted by Gasteiger charge is 2.09. The minimum Gasteiger partial charge on any atom is -0.480 e. The number of carbonyl (C=O) groups is 2. The van der Waals surface area contributed by atoms with Crippen molar-refractivity contribution in [2.24, 2.45) is 5.73 Å². The van der Waals surface area contributed by atoms with Crippen molar-refractivity contribution in [3.63, 3.8) is 0 Å². The molecule has 0 spiro atoms. The van der Waals surface area contributed by atoms with Crippen molar-refractivity contribution in [2.45, 2.75) is 0 Å². The van der Waals surface area contributed by atoms with Gasteiger partial charge < -0.3 is 10.8 Å². The van der Waals surface area contributed by atoms with Crippen LogP contribution in [0.5, 0.6) is 0 Å². The van der Waals surface area contributed by atoms with Crippen molar-refractivity contribution in [3.05, 3.63) is 11.6 Å². The summed E-state index contributed by atoms with van der Waals surface area (Å²) >= 11 is 5.25. The van der Waals surface area contributed by atoms with Crippen LogP contribution >= 0.6 is 11.6 Å². The lowest BCUT2D eigenvalue weighted by Crippen LogP contribution is -2.37. The highest BCUT2D eigenvalue weighted by Crippen LogP contribution is 1.89. The van der Waals surface area contributed by atoms with Gasteiger partial charge in [0.25, 0.3) is 0 Å². The van der Waals surface area contributed by atoms with Gasteiger partial charge in [-0.3, -0.25) is 14.5 Å². The molecule has 0 aromatic carbocycles. The van der Waals surface area contributed by atoms with E-state index in [2.05, 4.69) is 0 Å². The molecule has 13 heavy (non-hydrogen) atoms. The van der Waals surface area contributed by atoms with E-state index >= 15 is 0 Å². The predicted octanol–water partition coefficient (Wildman–Crippen LogP) is -0.389. The molecule has 6 heteroatoms. The Balaban J connectivity index is 4.01.